The van der Waals surface area contributed by atoms with Crippen LogP contribution in [-0.2, 0) is 0 Å². The van der Waals surface area contributed by atoms with Crippen LogP contribution < -0.4 is 0 Å². The Bertz CT molecular complexity index is 2680. The summed E-state index contributed by atoms with van der Waals surface area (Å²) in [4.78, 5) is 15.9. The van der Waals surface area contributed by atoms with E-state index >= 15 is 0 Å². The molecule has 0 spiro atoms. The Labute approximate surface area is 288 Å². The highest BCUT2D eigenvalue weighted by atomic mass is 15.3. The van der Waals surface area contributed by atoms with Crippen molar-refractivity contribution in [1.29, 1.82) is 0 Å². The second-order valence-electron chi connectivity index (χ2n) is 12.5. The van der Waals surface area contributed by atoms with E-state index in [1.807, 2.05) is 18.2 Å². The maximum absolute atomic E-state index is 5.42. The zero-order valence-corrected chi connectivity index (χ0v) is 27.0. The van der Waals surface area contributed by atoms with Gasteiger partial charge in [0.1, 0.15) is 0 Å². The molecule has 0 bridgehead atoms. The molecule has 0 unspecified atom stereocenters. The summed E-state index contributed by atoms with van der Waals surface area (Å²) < 4.78 is 4.44. The monoisotopic (exact) mass is 639 g/mol. The molecule has 3 aromatic heterocycles. The van der Waals surface area contributed by atoms with Crippen LogP contribution in [-0.4, -0.2) is 24.1 Å². The van der Waals surface area contributed by atoms with E-state index in [2.05, 4.69) is 167 Å². The molecule has 0 saturated heterocycles. The Hall–Kier alpha value is -6.85. The van der Waals surface area contributed by atoms with Gasteiger partial charge in [0.2, 0.25) is 11.9 Å². The highest BCUT2D eigenvalue weighted by Crippen LogP contribution is 2.40. The predicted octanol–water partition coefficient (Wildman–Crippen LogP) is 11.1. The number of aromatic nitrogens is 5. The van der Waals surface area contributed by atoms with Gasteiger partial charge in [0, 0.05) is 38.2 Å². The molecular formula is C45H29N5. The highest BCUT2D eigenvalue weighted by Gasteiger charge is 2.23. The zero-order chi connectivity index (χ0) is 33.0. The average molecular weight is 640 g/mol. The summed E-state index contributed by atoms with van der Waals surface area (Å²) >= 11 is 0. The Morgan fingerprint density at radius 2 is 0.680 bits per heavy atom. The van der Waals surface area contributed by atoms with E-state index in [-0.39, 0.29) is 0 Å². The van der Waals surface area contributed by atoms with Gasteiger partial charge in [0.25, 0.3) is 0 Å². The van der Waals surface area contributed by atoms with Gasteiger partial charge in [-0.1, -0.05) is 164 Å². The number of hydrogen-bond acceptors (Lipinski definition) is 3. The topological polar surface area (TPSA) is 48.5 Å². The Morgan fingerprint density at radius 3 is 1.14 bits per heavy atom. The van der Waals surface area contributed by atoms with E-state index in [1.54, 1.807) is 0 Å². The first-order valence-corrected chi connectivity index (χ1v) is 16.8. The van der Waals surface area contributed by atoms with Crippen molar-refractivity contribution in [3.8, 4) is 45.5 Å². The molecule has 3 heterocycles. The second kappa shape index (κ2) is 11.4. The lowest BCUT2D eigenvalue weighted by Crippen LogP contribution is -2.10. The second-order valence-corrected chi connectivity index (χ2v) is 12.5. The first-order chi connectivity index (χ1) is 24.8. The van der Waals surface area contributed by atoms with E-state index in [9.17, 15) is 0 Å². The summed E-state index contributed by atoms with van der Waals surface area (Å²) in [6, 6.07) is 61.4. The van der Waals surface area contributed by atoms with Gasteiger partial charge in [-0.05, 0) is 23.3 Å². The summed E-state index contributed by atoms with van der Waals surface area (Å²) in [7, 11) is 0. The van der Waals surface area contributed by atoms with Crippen LogP contribution in [0.1, 0.15) is 0 Å². The first kappa shape index (κ1) is 28.2. The van der Waals surface area contributed by atoms with Crippen molar-refractivity contribution in [1.82, 2.24) is 24.1 Å². The quantitative estimate of drug-likeness (QED) is 0.188. The SMILES string of the molecule is c1ccc(-c2nc(-n3c4ccccc4c4cccc(-c5ccccc5)c43)nc(-n3c4ccccc4c4cccc(-c5ccccc5)c43)n2)cc1. The van der Waals surface area contributed by atoms with E-state index in [0.717, 1.165) is 71.4 Å². The Morgan fingerprint density at radius 1 is 0.300 bits per heavy atom. The van der Waals surface area contributed by atoms with Gasteiger partial charge in [-0.3, -0.25) is 9.13 Å². The van der Waals surface area contributed by atoms with Crippen molar-refractivity contribution in [2.75, 3.05) is 0 Å². The highest BCUT2D eigenvalue weighted by molar-refractivity contribution is 6.14. The summed E-state index contributed by atoms with van der Waals surface area (Å²) in [5.41, 5.74) is 9.61. The third-order valence-electron chi connectivity index (χ3n) is 9.60. The van der Waals surface area contributed by atoms with Gasteiger partial charge in [0.15, 0.2) is 5.82 Å². The number of rotatable bonds is 5. The fraction of sp³-hybridized carbons (Fsp3) is 0. The number of benzene rings is 7. The molecular weight excluding hydrogens is 611 g/mol. The molecule has 234 valence electrons. The van der Waals surface area contributed by atoms with Crippen LogP contribution in [0.5, 0.6) is 0 Å². The smallest absolute Gasteiger partial charge is 0.240 e. The largest absolute Gasteiger partial charge is 0.277 e. The fourth-order valence-corrected chi connectivity index (χ4v) is 7.42. The van der Waals surface area contributed by atoms with Crippen LogP contribution in [0.4, 0.5) is 0 Å². The lowest BCUT2D eigenvalue weighted by molar-refractivity contribution is 0.893. The zero-order valence-electron chi connectivity index (χ0n) is 27.0. The van der Waals surface area contributed by atoms with Gasteiger partial charge in [0.05, 0.1) is 22.1 Å². The number of nitrogens with zero attached hydrogens (tertiary/aromatic N) is 5. The summed E-state index contributed by atoms with van der Waals surface area (Å²) in [5, 5.41) is 4.58. The van der Waals surface area contributed by atoms with Crippen LogP contribution in [0.3, 0.4) is 0 Å². The minimum absolute atomic E-state index is 0.562. The van der Waals surface area contributed by atoms with Crippen LogP contribution in [0.2, 0.25) is 0 Å². The molecule has 0 radical (unpaired) electrons. The molecule has 0 fully saturated rings. The van der Waals surface area contributed by atoms with Gasteiger partial charge in [-0.2, -0.15) is 15.0 Å². The molecule has 50 heavy (non-hydrogen) atoms. The maximum Gasteiger partial charge on any atom is 0.240 e. The van der Waals surface area contributed by atoms with Crippen molar-refractivity contribution in [2.24, 2.45) is 0 Å². The molecule has 0 aliphatic heterocycles. The molecule has 10 aromatic rings. The van der Waals surface area contributed by atoms with E-state index in [4.69, 9.17) is 15.0 Å². The van der Waals surface area contributed by atoms with E-state index < -0.39 is 0 Å². The third-order valence-corrected chi connectivity index (χ3v) is 9.60. The van der Waals surface area contributed by atoms with Crippen LogP contribution in [0, 0.1) is 0 Å². The molecule has 0 atom stereocenters. The van der Waals surface area contributed by atoms with E-state index in [0.29, 0.717) is 17.7 Å². The summed E-state index contributed by atoms with van der Waals surface area (Å²) in [6.07, 6.45) is 0. The first-order valence-electron chi connectivity index (χ1n) is 16.8. The van der Waals surface area contributed by atoms with Crippen molar-refractivity contribution in [2.45, 2.75) is 0 Å². The third kappa shape index (κ3) is 4.37. The molecule has 0 aliphatic rings. The molecule has 0 aliphatic carbocycles. The molecule has 5 heteroatoms. The number of para-hydroxylation sites is 4. The minimum Gasteiger partial charge on any atom is -0.277 e. The lowest BCUT2D eigenvalue weighted by atomic mass is 10.0. The number of hydrogen-bond donors (Lipinski definition) is 0. The summed E-state index contributed by atoms with van der Waals surface area (Å²) in [6.45, 7) is 0. The normalized spacial score (nSPS) is 11.6. The summed E-state index contributed by atoms with van der Waals surface area (Å²) in [5.74, 6) is 1.73. The van der Waals surface area contributed by atoms with Gasteiger partial charge >= 0.3 is 0 Å². The van der Waals surface area contributed by atoms with Crippen molar-refractivity contribution in [3.63, 3.8) is 0 Å². The van der Waals surface area contributed by atoms with Crippen LogP contribution in [0.15, 0.2) is 176 Å². The van der Waals surface area contributed by atoms with Crippen molar-refractivity contribution >= 4 is 43.6 Å². The van der Waals surface area contributed by atoms with Crippen LogP contribution >= 0.6 is 0 Å². The van der Waals surface area contributed by atoms with Crippen molar-refractivity contribution in [3.05, 3.63) is 176 Å². The van der Waals surface area contributed by atoms with Gasteiger partial charge in [-0.15, -0.1) is 0 Å². The molecule has 0 amide bonds. The molecule has 5 nitrogen and oxygen atoms in total. The van der Waals surface area contributed by atoms with Crippen LogP contribution in [0.25, 0.3) is 89.2 Å². The fourth-order valence-electron chi connectivity index (χ4n) is 7.42. The number of fused-ring (bicyclic) bond motifs is 6. The van der Waals surface area contributed by atoms with Gasteiger partial charge < -0.3 is 0 Å². The standard InChI is InChI=1S/C45H29N5/c1-4-16-30(17-5-1)33-24-14-26-37-35-22-10-12-28-39(35)49(41(33)37)44-46-43(32-20-8-3-9-21-32)47-45(48-44)50-40-29-13-11-23-36(40)38-27-15-25-34(42(38)50)31-18-6-2-7-19-31/h1-29H. The Balaban J connectivity index is 1.35. The van der Waals surface area contributed by atoms with E-state index in [1.165, 1.54) is 0 Å². The molecule has 7 aromatic carbocycles. The van der Waals surface area contributed by atoms with Crippen molar-refractivity contribution < 1.29 is 0 Å². The Kier molecular flexibility index (Phi) is 6.42. The molecule has 0 N–H and O–H groups in total. The molecule has 10 rings (SSSR count). The average Bonchev–Trinajstić information content (AvgIpc) is 3.72. The minimum atomic E-state index is 0.562. The molecule has 0 saturated carbocycles. The lowest BCUT2D eigenvalue weighted by Gasteiger charge is -2.15. The maximum atomic E-state index is 5.42. The van der Waals surface area contributed by atoms with Gasteiger partial charge in [-0.25, -0.2) is 0 Å². The predicted molar refractivity (Wildman–Crippen MR) is 205 cm³/mol.